The molecule has 1 heterocycles. The smallest absolute Gasteiger partial charge is 0.345 e. The first-order chi connectivity index (χ1) is 11.6. The molecule has 0 radical (unpaired) electrons. The standard InChI is InChI=1S/C20H26N2O2/c1-21(2)13-14-22(3)19-16-11-7-8-12-17(16)24-20(23)18(19)15-9-5-4-6-10-15/h4-6,9-10H,7-8,11-14H2,1-3H3. The highest BCUT2D eigenvalue weighted by Gasteiger charge is 2.25. The van der Waals surface area contributed by atoms with Gasteiger partial charge in [-0.05, 0) is 38.9 Å². The summed E-state index contributed by atoms with van der Waals surface area (Å²) >= 11 is 0. The molecule has 0 fully saturated rings. The molecule has 128 valence electrons. The summed E-state index contributed by atoms with van der Waals surface area (Å²) in [4.78, 5) is 17.1. The largest absolute Gasteiger partial charge is 0.427 e. The number of hydrogen-bond acceptors (Lipinski definition) is 4. The Hall–Kier alpha value is -2.07. The third-order valence-corrected chi connectivity index (χ3v) is 4.69. The van der Waals surface area contributed by atoms with Gasteiger partial charge in [0.15, 0.2) is 0 Å². The van der Waals surface area contributed by atoms with E-state index in [1.807, 2.05) is 30.3 Å². The number of fused-ring (bicyclic) bond motifs is 1. The highest BCUT2D eigenvalue weighted by Crippen LogP contribution is 2.36. The molecule has 4 heteroatoms. The van der Waals surface area contributed by atoms with E-state index in [0.29, 0.717) is 5.56 Å². The highest BCUT2D eigenvalue weighted by atomic mass is 16.4. The minimum absolute atomic E-state index is 0.214. The number of benzene rings is 1. The Kier molecular flexibility index (Phi) is 5.05. The lowest BCUT2D eigenvalue weighted by molar-refractivity contribution is 0.413. The lowest BCUT2D eigenvalue weighted by Gasteiger charge is -2.28. The second kappa shape index (κ2) is 7.22. The molecule has 0 saturated heterocycles. The molecule has 1 aromatic heterocycles. The fourth-order valence-corrected chi connectivity index (χ4v) is 3.39. The predicted molar refractivity (Wildman–Crippen MR) is 98.9 cm³/mol. The summed E-state index contributed by atoms with van der Waals surface area (Å²) in [6.45, 7) is 1.82. The zero-order chi connectivity index (χ0) is 17.1. The van der Waals surface area contributed by atoms with E-state index in [9.17, 15) is 4.79 Å². The lowest BCUT2D eigenvalue weighted by Crippen LogP contribution is -2.31. The number of anilines is 1. The van der Waals surface area contributed by atoms with Crippen LogP contribution in [0.5, 0.6) is 0 Å². The minimum atomic E-state index is -0.214. The van der Waals surface area contributed by atoms with Crippen LogP contribution >= 0.6 is 0 Å². The van der Waals surface area contributed by atoms with Crippen molar-refractivity contribution in [2.75, 3.05) is 39.1 Å². The first kappa shape index (κ1) is 16.8. The van der Waals surface area contributed by atoms with Gasteiger partial charge in [0, 0.05) is 32.1 Å². The Morgan fingerprint density at radius 3 is 2.42 bits per heavy atom. The van der Waals surface area contributed by atoms with Gasteiger partial charge in [0.1, 0.15) is 5.76 Å². The molecule has 0 bridgehead atoms. The Balaban J connectivity index is 2.15. The summed E-state index contributed by atoms with van der Waals surface area (Å²) in [6, 6.07) is 9.89. The van der Waals surface area contributed by atoms with Gasteiger partial charge in [0.05, 0.1) is 11.3 Å². The normalized spacial score (nSPS) is 13.8. The van der Waals surface area contributed by atoms with Crippen LogP contribution in [0.15, 0.2) is 39.5 Å². The van der Waals surface area contributed by atoms with Crippen molar-refractivity contribution in [1.82, 2.24) is 4.90 Å². The summed E-state index contributed by atoms with van der Waals surface area (Å²) < 4.78 is 5.71. The van der Waals surface area contributed by atoms with Crippen LogP contribution in [0.2, 0.25) is 0 Å². The fraction of sp³-hybridized carbons (Fsp3) is 0.450. The first-order valence-corrected chi connectivity index (χ1v) is 8.68. The van der Waals surface area contributed by atoms with Crippen molar-refractivity contribution in [2.24, 2.45) is 0 Å². The van der Waals surface area contributed by atoms with E-state index in [4.69, 9.17) is 4.42 Å². The van der Waals surface area contributed by atoms with Crippen LogP contribution in [0.25, 0.3) is 11.1 Å². The highest BCUT2D eigenvalue weighted by molar-refractivity contribution is 5.80. The van der Waals surface area contributed by atoms with Crippen LogP contribution in [-0.4, -0.2) is 39.1 Å². The molecule has 0 N–H and O–H groups in total. The molecule has 0 aliphatic heterocycles. The van der Waals surface area contributed by atoms with E-state index in [-0.39, 0.29) is 5.63 Å². The van der Waals surface area contributed by atoms with E-state index in [0.717, 1.165) is 55.8 Å². The van der Waals surface area contributed by atoms with Gasteiger partial charge < -0.3 is 14.2 Å². The maximum atomic E-state index is 12.8. The van der Waals surface area contributed by atoms with Crippen molar-refractivity contribution in [3.8, 4) is 11.1 Å². The Bertz CT molecular complexity index is 750. The van der Waals surface area contributed by atoms with Gasteiger partial charge in [-0.1, -0.05) is 30.3 Å². The second-order valence-corrected chi connectivity index (χ2v) is 6.81. The van der Waals surface area contributed by atoms with Gasteiger partial charge in [-0.3, -0.25) is 0 Å². The topological polar surface area (TPSA) is 36.7 Å². The molecule has 0 spiro atoms. The molecule has 0 unspecified atom stereocenters. The van der Waals surface area contributed by atoms with Crippen molar-refractivity contribution >= 4 is 5.69 Å². The fourth-order valence-electron chi connectivity index (χ4n) is 3.39. The van der Waals surface area contributed by atoms with Crippen molar-refractivity contribution < 1.29 is 4.42 Å². The molecule has 0 saturated carbocycles. The van der Waals surface area contributed by atoms with E-state index < -0.39 is 0 Å². The molecule has 1 aromatic carbocycles. The van der Waals surface area contributed by atoms with E-state index in [2.05, 4.69) is 30.9 Å². The number of hydrogen-bond donors (Lipinski definition) is 0. The van der Waals surface area contributed by atoms with Crippen LogP contribution < -0.4 is 10.5 Å². The van der Waals surface area contributed by atoms with Gasteiger partial charge in [0.25, 0.3) is 0 Å². The van der Waals surface area contributed by atoms with Crippen LogP contribution in [0.1, 0.15) is 24.2 Å². The molecule has 2 aromatic rings. The number of likely N-dealkylation sites (N-methyl/N-ethyl adjacent to an activating group) is 2. The van der Waals surface area contributed by atoms with E-state index in [1.165, 1.54) is 5.56 Å². The van der Waals surface area contributed by atoms with Gasteiger partial charge >= 0.3 is 5.63 Å². The molecule has 24 heavy (non-hydrogen) atoms. The average Bonchev–Trinajstić information content (AvgIpc) is 2.59. The molecule has 3 rings (SSSR count). The number of aryl methyl sites for hydroxylation is 1. The molecular formula is C20H26N2O2. The van der Waals surface area contributed by atoms with Crippen LogP contribution in [-0.2, 0) is 12.8 Å². The van der Waals surface area contributed by atoms with Gasteiger partial charge in [-0.15, -0.1) is 0 Å². The van der Waals surface area contributed by atoms with Crippen molar-refractivity contribution in [2.45, 2.75) is 25.7 Å². The number of rotatable bonds is 5. The first-order valence-electron chi connectivity index (χ1n) is 8.68. The van der Waals surface area contributed by atoms with Crippen molar-refractivity contribution in [3.05, 3.63) is 52.1 Å². The predicted octanol–water partition coefficient (Wildman–Crippen LogP) is 3.18. The molecule has 1 aliphatic carbocycles. The maximum absolute atomic E-state index is 12.8. The zero-order valence-corrected chi connectivity index (χ0v) is 14.8. The van der Waals surface area contributed by atoms with Crippen LogP contribution in [0.4, 0.5) is 5.69 Å². The monoisotopic (exact) mass is 326 g/mol. The third-order valence-electron chi connectivity index (χ3n) is 4.69. The van der Waals surface area contributed by atoms with Gasteiger partial charge in [-0.2, -0.15) is 0 Å². The summed E-state index contributed by atoms with van der Waals surface area (Å²) in [5.41, 5.74) is 3.72. The quantitative estimate of drug-likeness (QED) is 0.845. The van der Waals surface area contributed by atoms with Gasteiger partial charge in [0.2, 0.25) is 0 Å². The molecule has 0 amide bonds. The molecule has 1 aliphatic rings. The molecular weight excluding hydrogens is 300 g/mol. The second-order valence-electron chi connectivity index (χ2n) is 6.81. The number of nitrogens with zero attached hydrogens (tertiary/aromatic N) is 2. The Morgan fingerprint density at radius 1 is 1.00 bits per heavy atom. The van der Waals surface area contributed by atoms with Crippen LogP contribution in [0.3, 0.4) is 0 Å². The SMILES string of the molecule is CN(C)CCN(C)c1c2c(oc(=O)c1-c1ccccc1)CCCC2. The van der Waals surface area contributed by atoms with Crippen molar-refractivity contribution in [3.63, 3.8) is 0 Å². The Morgan fingerprint density at radius 2 is 1.71 bits per heavy atom. The summed E-state index contributed by atoms with van der Waals surface area (Å²) in [5, 5.41) is 0. The minimum Gasteiger partial charge on any atom is -0.427 e. The van der Waals surface area contributed by atoms with Crippen molar-refractivity contribution in [1.29, 1.82) is 0 Å². The average molecular weight is 326 g/mol. The Labute approximate surface area is 143 Å². The lowest BCUT2D eigenvalue weighted by atomic mass is 9.92. The maximum Gasteiger partial charge on any atom is 0.345 e. The van der Waals surface area contributed by atoms with Crippen LogP contribution in [0, 0.1) is 0 Å². The van der Waals surface area contributed by atoms with E-state index >= 15 is 0 Å². The third kappa shape index (κ3) is 3.39. The van der Waals surface area contributed by atoms with E-state index in [1.54, 1.807) is 0 Å². The zero-order valence-electron chi connectivity index (χ0n) is 14.8. The summed E-state index contributed by atoms with van der Waals surface area (Å²) in [6.07, 6.45) is 4.11. The van der Waals surface area contributed by atoms with Gasteiger partial charge in [-0.25, -0.2) is 4.79 Å². The molecule has 0 atom stereocenters. The summed E-state index contributed by atoms with van der Waals surface area (Å²) in [7, 11) is 6.22. The molecule has 4 nitrogen and oxygen atoms in total. The summed E-state index contributed by atoms with van der Waals surface area (Å²) in [5.74, 6) is 0.887.